The lowest BCUT2D eigenvalue weighted by atomic mass is 9.99. The van der Waals surface area contributed by atoms with Crippen LogP contribution < -0.4 is 4.74 Å². The summed E-state index contributed by atoms with van der Waals surface area (Å²) in [6, 6.07) is 11.5. The van der Waals surface area contributed by atoms with Crippen LogP contribution in [-0.4, -0.2) is 30.0 Å². The Morgan fingerprint density at radius 2 is 1.79 bits per heavy atom. The predicted octanol–water partition coefficient (Wildman–Crippen LogP) is 4.79. The van der Waals surface area contributed by atoms with Gasteiger partial charge in [-0.25, -0.2) is 0 Å². The van der Waals surface area contributed by atoms with E-state index >= 15 is 0 Å². The van der Waals surface area contributed by atoms with Crippen LogP contribution in [0.1, 0.15) is 30.5 Å². The predicted molar refractivity (Wildman–Crippen MR) is 102 cm³/mol. The molecule has 0 bridgehead atoms. The maximum atomic E-state index is 12.7. The number of rotatable bonds is 9. The van der Waals surface area contributed by atoms with E-state index in [-0.39, 0.29) is 25.6 Å². The van der Waals surface area contributed by atoms with E-state index in [4.69, 9.17) is 14.7 Å². The van der Waals surface area contributed by atoms with Gasteiger partial charge in [0, 0.05) is 0 Å². The number of carboxylic acids is 1. The normalized spacial score (nSPS) is 12.1. The molecule has 0 spiro atoms. The van der Waals surface area contributed by atoms with Gasteiger partial charge in [-0.1, -0.05) is 43.3 Å². The van der Waals surface area contributed by atoms with Gasteiger partial charge in [0.15, 0.2) is 6.61 Å². The maximum absolute atomic E-state index is 12.7. The van der Waals surface area contributed by atoms with Crippen LogP contribution in [0.2, 0.25) is 0 Å². The van der Waals surface area contributed by atoms with Crippen LogP contribution in [0.4, 0.5) is 13.2 Å². The summed E-state index contributed by atoms with van der Waals surface area (Å²) in [5.74, 6) is -0.465. The lowest BCUT2D eigenvalue weighted by molar-refractivity contribution is -0.138. The van der Waals surface area contributed by atoms with Crippen molar-refractivity contribution in [2.24, 2.45) is 11.1 Å². The minimum Gasteiger partial charge on any atom is -0.490 e. The molecular weight excluding hydrogens is 387 g/mol. The van der Waals surface area contributed by atoms with Gasteiger partial charge < -0.3 is 14.7 Å². The van der Waals surface area contributed by atoms with Gasteiger partial charge in [0.05, 0.1) is 17.7 Å². The fourth-order valence-electron chi connectivity index (χ4n) is 2.55. The third-order valence-corrected chi connectivity index (χ3v) is 3.91. The van der Waals surface area contributed by atoms with E-state index in [1.165, 1.54) is 12.1 Å². The molecule has 0 saturated carbocycles. The van der Waals surface area contributed by atoms with Gasteiger partial charge >= 0.3 is 12.1 Å². The van der Waals surface area contributed by atoms with Crippen molar-refractivity contribution in [1.82, 2.24) is 0 Å². The molecule has 2 rings (SSSR count). The van der Waals surface area contributed by atoms with Gasteiger partial charge in [-0.2, -0.15) is 13.2 Å². The molecule has 0 unspecified atom stereocenters. The van der Waals surface area contributed by atoms with Crippen LogP contribution in [0.15, 0.2) is 53.7 Å². The van der Waals surface area contributed by atoms with Crippen LogP contribution in [0.5, 0.6) is 5.75 Å². The monoisotopic (exact) mass is 409 g/mol. The summed E-state index contributed by atoms with van der Waals surface area (Å²) in [7, 11) is 0. The van der Waals surface area contributed by atoms with Crippen molar-refractivity contribution < 1.29 is 32.6 Å². The summed E-state index contributed by atoms with van der Waals surface area (Å²) in [4.78, 5) is 16.0. The first-order chi connectivity index (χ1) is 13.7. The van der Waals surface area contributed by atoms with Gasteiger partial charge in [0.1, 0.15) is 12.4 Å². The summed E-state index contributed by atoms with van der Waals surface area (Å²) < 4.78 is 43.6. The lowest BCUT2D eigenvalue weighted by Crippen LogP contribution is -2.13. The molecule has 2 aromatic carbocycles. The molecule has 0 aliphatic carbocycles. The average Bonchev–Trinajstić information content (AvgIpc) is 2.63. The highest BCUT2D eigenvalue weighted by Gasteiger charge is 2.30. The summed E-state index contributed by atoms with van der Waals surface area (Å²) >= 11 is 0. The molecule has 0 fully saturated rings. The Labute approximate surface area is 166 Å². The zero-order valence-corrected chi connectivity index (χ0v) is 16.1. The van der Waals surface area contributed by atoms with E-state index in [9.17, 15) is 18.0 Å². The van der Waals surface area contributed by atoms with E-state index in [0.29, 0.717) is 22.6 Å². The highest BCUT2D eigenvalue weighted by molar-refractivity contribution is 6.01. The molecule has 0 amide bonds. The van der Waals surface area contributed by atoms with Crippen LogP contribution in [-0.2, 0) is 22.2 Å². The van der Waals surface area contributed by atoms with E-state index < -0.39 is 17.7 Å². The van der Waals surface area contributed by atoms with E-state index in [1.54, 1.807) is 24.3 Å². The summed E-state index contributed by atoms with van der Waals surface area (Å²) in [5.41, 5.74) is 0.986. The topological polar surface area (TPSA) is 68.1 Å². The maximum Gasteiger partial charge on any atom is 0.416 e. The zero-order chi connectivity index (χ0) is 21.4. The SMILES string of the molecule is CC(C)C(=NOCCOc1cccc(CC(=O)O)c1)c1ccc(C(F)(F)F)cc1. The number of hydrogen-bond donors (Lipinski definition) is 1. The Hall–Kier alpha value is -3.03. The Morgan fingerprint density at radius 3 is 2.38 bits per heavy atom. The number of hydrogen-bond acceptors (Lipinski definition) is 4. The van der Waals surface area contributed by atoms with Crippen molar-refractivity contribution >= 4 is 11.7 Å². The molecule has 0 aromatic heterocycles. The van der Waals surface area contributed by atoms with E-state index in [0.717, 1.165) is 12.1 Å². The molecule has 0 atom stereocenters. The van der Waals surface area contributed by atoms with Crippen molar-refractivity contribution in [3.8, 4) is 5.75 Å². The van der Waals surface area contributed by atoms with Crippen molar-refractivity contribution in [1.29, 1.82) is 0 Å². The molecule has 8 heteroatoms. The number of aliphatic carboxylic acids is 1. The second-order valence-electron chi connectivity index (χ2n) is 6.61. The second kappa shape index (κ2) is 9.95. The summed E-state index contributed by atoms with van der Waals surface area (Å²) in [5, 5.41) is 12.9. The zero-order valence-electron chi connectivity index (χ0n) is 16.1. The number of ether oxygens (including phenoxy) is 1. The molecular formula is C21H22F3NO4. The van der Waals surface area contributed by atoms with Gasteiger partial charge in [-0.3, -0.25) is 4.79 Å². The number of halogens is 3. The Kier molecular flexibility index (Phi) is 7.64. The standard InChI is InChI=1S/C21H22F3NO4/c1-14(2)20(16-6-8-17(9-7-16)21(22,23)24)25-29-11-10-28-18-5-3-4-15(12-18)13-19(26)27/h3-9,12,14H,10-11,13H2,1-2H3,(H,26,27). The molecule has 0 aliphatic heterocycles. The Bertz CT molecular complexity index is 846. The van der Waals surface area contributed by atoms with Crippen LogP contribution in [0.25, 0.3) is 0 Å². The summed E-state index contributed by atoms with van der Waals surface area (Å²) in [6.07, 6.45) is -4.48. The molecule has 2 aromatic rings. The van der Waals surface area contributed by atoms with Crippen LogP contribution in [0, 0.1) is 5.92 Å². The first kappa shape index (κ1) is 22.3. The fourth-order valence-corrected chi connectivity index (χ4v) is 2.55. The lowest BCUT2D eigenvalue weighted by Gasteiger charge is -2.12. The molecule has 156 valence electrons. The number of carboxylic acid groups (broad SMARTS) is 1. The summed E-state index contributed by atoms with van der Waals surface area (Å²) in [6.45, 7) is 4.03. The number of nitrogens with zero attached hydrogens (tertiary/aromatic N) is 1. The number of carbonyl (C=O) groups is 1. The molecule has 29 heavy (non-hydrogen) atoms. The molecule has 5 nitrogen and oxygen atoms in total. The third-order valence-electron chi connectivity index (χ3n) is 3.91. The molecule has 1 N–H and O–H groups in total. The smallest absolute Gasteiger partial charge is 0.416 e. The number of alkyl halides is 3. The Balaban J connectivity index is 1.92. The van der Waals surface area contributed by atoms with Crippen molar-refractivity contribution in [2.75, 3.05) is 13.2 Å². The minimum absolute atomic E-state index is 0.0552. The average molecular weight is 409 g/mol. The van der Waals surface area contributed by atoms with Crippen molar-refractivity contribution in [3.63, 3.8) is 0 Å². The Morgan fingerprint density at radius 1 is 1.10 bits per heavy atom. The van der Waals surface area contributed by atoms with Crippen LogP contribution in [0.3, 0.4) is 0 Å². The number of oxime groups is 1. The van der Waals surface area contributed by atoms with Gasteiger partial charge in [0.25, 0.3) is 0 Å². The van der Waals surface area contributed by atoms with Crippen LogP contribution >= 0.6 is 0 Å². The molecule has 0 radical (unpaired) electrons. The molecule has 0 saturated heterocycles. The minimum atomic E-state index is -4.39. The largest absolute Gasteiger partial charge is 0.490 e. The fraction of sp³-hybridized carbons (Fsp3) is 0.333. The molecule has 0 aliphatic rings. The second-order valence-corrected chi connectivity index (χ2v) is 6.61. The van der Waals surface area contributed by atoms with Gasteiger partial charge in [0.2, 0.25) is 0 Å². The van der Waals surface area contributed by atoms with E-state index in [1.807, 2.05) is 13.8 Å². The van der Waals surface area contributed by atoms with Crippen molar-refractivity contribution in [2.45, 2.75) is 26.4 Å². The first-order valence-corrected chi connectivity index (χ1v) is 8.98. The number of benzene rings is 2. The van der Waals surface area contributed by atoms with E-state index in [2.05, 4.69) is 5.16 Å². The quantitative estimate of drug-likeness (QED) is 0.367. The highest BCUT2D eigenvalue weighted by atomic mass is 19.4. The van der Waals surface area contributed by atoms with Crippen molar-refractivity contribution in [3.05, 3.63) is 65.2 Å². The van der Waals surface area contributed by atoms with Gasteiger partial charge in [-0.05, 0) is 41.3 Å². The first-order valence-electron chi connectivity index (χ1n) is 8.98. The third kappa shape index (κ3) is 7.14. The molecule has 0 heterocycles. The highest BCUT2D eigenvalue weighted by Crippen LogP contribution is 2.29. The van der Waals surface area contributed by atoms with Gasteiger partial charge in [-0.15, -0.1) is 0 Å².